The van der Waals surface area contributed by atoms with Crippen LogP contribution in [0.5, 0.6) is 0 Å². The van der Waals surface area contributed by atoms with E-state index in [2.05, 4.69) is 4.98 Å². The Balaban J connectivity index is 2.97. The highest BCUT2D eigenvalue weighted by molar-refractivity contribution is 6.32. The highest BCUT2D eigenvalue weighted by Gasteiger charge is 2.14. The molecule has 4 nitrogen and oxygen atoms in total. The van der Waals surface area contributed by atoms with E-state index in [-0.39, 0.29) is 5.97 Å². The third-order valence-electron chi connectivity index (χ3n) is 2.22. The van der Waals surface area contributed by atoms with Crippen LogP contribution < -0.4 is 0 Å². The Morgan fingerprint density at radius 2 is 2.11 bits per heavy atom. The number of aromatic nitrogens is 1. The predicted octanol–water partition coefficient (Wildman–Crippen LogP) is 2.94. The lowest BCUT2D eigenvalue weighted by Gasteiger charge is -2.12. The van der Waals surface area contributed by atoms with E-state index in [4.69, 9.17) is 27.9 Å². The van der Waals surface area contributed by atoms with Crippen LogP contribution >= 0.6 is 23.2 Å². The topological polar surface area (TPSA) is 42.4 Å². The minimum Gasteiger partial charge on any atom is -0.463 e. The highest BCUT2D eigenvalue weighted by atomic mass is 35.5. The van der Waals surface area contributed by atoms with E-state index in [0.29, 0.717) is 28.9 Å². The van der Waals surface area contributed by atoms with E-state index >= 15 is 0 Å². The molecule has 1 heterocycles. The lowest BCUT2D eigenvalue weighted by molar-refractivity contribution is -0.138. The van der Waals surface area contributed by atoms with Crippen molar-refractivity contribution in [2.24, 2.45) is 0 Å². The molecule has 0 radical (unpaired) electrons. The zero-order valence-electron chi connectivity index (χ0n) is 11.1. The molecule has 0 amide bonds. The van der Waals surface area contributed by atoms with Gasteiger partial charge in [0.2, 0.25) is 0 Å². The van der Waals surface area contributed by atoms with Gasteiger partial charge in [0.25, 0.3) is 0 Å². The smallest absolute Gasteiger partial charge is 0.335 e. The van der Waals surface area contributed by atoms with E-state index in [9.17, 15) is 4.79 Å². The summed E-state index contributed by atoms with van der Waals surface area (Å²) in [5.41, 5.74) is 1.24. The zero-order chi connectivity index (χ0) is 14.4. The minimum absolute atomic E-state index is 0.293. The van der Waals surface area contributed by atoms with Crippen molar-refractivity contribution in [1.82, 2.24) is 9.88 Å². The molecule has 0 aliphatic heterocycles. The van der Waals surface area contributed by atoms with Gasteiger partial charge < -0.3 is 9.64 Å². The Bertz CT molecular complexity index is 488. The molecule has 1 aromatic rings. The summed E-state index contributed by atoms with van der Waals surface area (Å²) in [4.78, 5) is 17.6. The summed E-state index contributed by atoms with van der Waals surface area (Å²) in [5, 5.41) is 0.615. The van der Waals surface area contributed by atoms with E-state index < -0.39 is 0 Å². The normalized spacial score (nSPS) is 11.3. The molecule has 0 bridgehead atoms. The van der Waals surface area contributed by atoms with Gasteiger partial charge in [0.05, 0.1) is 12.2 Å². The molecular weight excluding hydrogens is 287 g/mol. The molecule has 1 aromatic heterocycles. The number of hydrogen-bond donors (Lipinski definition) is 0. The molecule has 104 valence electrons. The van der Waals surface area contributed by atoms with E-state index in [1.165, 1.54) is 0 Å². The van der Waals surface area contributed by atoms with E-state index in [1.807, 2.05) is 14.1 Å². The first-order chi connectivity index (χ1) is 8.93. The second kappa shape index (κ2) is 7.36. The number of hydrogen-bond acceptors (Lipinski definition) is 4. The van der Waals surface area contributed by atoms with Crippen LogP contribution in [-0.2, 0) is 16.0 Å². The number of pyridine rings is 1. The lowest BCUT2D eigenvalue weighted by atomic mass is 10.1. The second-order valence-electron chi connectivity index (χ2n) is 4.10. The Morgan fingerprint density at radius 1 is 1.42 bits per heavy atom. The summed E-state index contributed by atoms with van der Waals surface area (Å²) in [5.74, 6) is -0.359. The number of ether oxygens (including phenoxy) is 1. The molecule has 0 spiro atoms. The molecule has 0 unspecified atom stereocenters. The van der Waals surface area contributed by atoms with Crippen molar-refractivity contribution in [2.75, 3.05) is 20.7 Å². The molecule has 0 N–H and O–H groups in total. The number of esters is 1. The third-order valence-corrected chi connectivity index (χ3v) is 2.76. The maximum absolute atomic E-state index is 11.9. The van der Waals surface area contributed by atoms with Gasteiger partial charge in [0.15, 0.2) is 0 Å². The summed E-state index contributed by atoms with van der Waals surface area (Å²) >= 11 is 11.7. The second-order valence-corrected chi connectivity index (χ2v) is 4.84. The van der Waals surface area contributed by atoms with Gasteiger partial charge in [0, 0.05) is 26.7 Å². The van der Waals surface area contributed by atoms with Crippen molar-refractivity contribution < 1.29 is 9.53 Å². The molecule has 0 aliphatic carbocycles. The van der Waals surface area contributed by atoms with E-state index in [1.54, 1.807) is 30.2 Å². The number of halogens is 2. The van der Waals surface area contributed by atoms with Crippen LogP contribution in [0.15, 0.2) is 23.9 Å². The maximum atomic E-state index is 11.9. The summed E-state index contributed by atoms with van der Waals surface area (Å²) in [6.45, 7) is 2.10. The van der Waals surface area contributed by atoms with Crippen LogP contribution in [-0.4, -0.2) is 36.6 Å². The Hall–Kier alpha value is -1.26. The number of rotatable bonds is 5. The Labute approximate surface area is 123 Å². The first kappa shape index (κ1) is 15.8. The average Bonchev–Trinajstić information content (AvgIpc) is 2.31. The van der Waals surface area contributed by atoms with Crippen LogP contribution in [0.4, 0.5) is 0 Å². The Morgan fingerprint density at radius 3 is 2.63 bits per heavy atom. The molecule has 0 saturated heterocycles. The standard InChI is InChI=1S/C13H16Cl2N2O2/c1-4-19-13(18)10(8-17(2)3)7-9-5-6-11(14)16-12(9)15/h5-6,8H,4,7H2,1-3H3. The van der Waals surface area contributed by atoms with Gasteiger partial charge in [-0.05, 0) is 18.6 Å². The third kappa shape index (κ3) is 5.09. The average molecular weight is 303 g/mol. The van der Waals surface area contributed by atoms with Gasteiger partial charge in [0.1, 0.15) is 10.3 Å². The van der Waals surface area contributed by atoms with Gasteiger partial charge in [-0.25, -0.2) is 9.78 Å². The largest absolute Gasteiger partial charge is 0.463 e. The predicted molar refractivity (Wildman–Crippen MR) is 76.4 cm³/mol. The molecule has 1 rings (SSSR count). The summed E-state index contributed by atoms with van der Waals surface area (Å²) < 4.78 is 5.02. The maximum Gasteiger partial charge on any atom is 0.335 e. The molecule has 0 fully saturated rings. The first-order valence-corrected chi connectivity index (χ1v) is 6.54. The van der Waals surface area contributed by atoms with Gasteiger partial charge in [-0.1, -0.05) is 29.3 Å². The number of carbonyl (C=O) groups is 1. The van der Waals surface area contributed by atoms with Crippen molar-refractivity contribution in [3.63, 3.8) is 0 Å². The lowest BCUT2D eigenvalue weighted by Crippen LogP contribution is -2.14. The molecule has 0 atom stereocenters. The van der Waals surface area contributed by atoms with Gasteiger partial charge in [-0.2, -0.15) is 0 Å². The number of carbonyl (C=O) groups excluding carboxylic acids is 1. The van der Waals surface area contributed by atoms with Gasteiger partial charge in [-0.15, -0.1) is 0 Å². The van der Waals surface area contributed by atoms with Crippen LogP contribution in [0.3, 0.4) is 0 Å². The first-order valence-electron chi connectivity index (χ1n) is 5.79. The molecule has 6 heteroatoms. The fourth-order valence-corrected chi connectivity index (χ4v) is 1.90. The van der Waals surface area contributed by atoms with Crippen molar-refractivity contribution in [3.05, 3.63) is 39.8 Å². The quantitative estimate of drug-likeness (QED) is 0.476. The van der Waals surface area contributed by atoms with Crippen molar-refractivity contribution in [1.29, 1.82) is 0 Å². The van der Waals surface area contributed by atoms with Gasteiger partial charge in [-0.3, -0.25) is 0 Å². The van der Waals surface area contributed by atoms with Crippen LogP contribution in [0.2, 0.25) is 10.3 Å². The Kier molecular flexibility index (Phi) is 6.12. The van der Waals surface area contributed by atoms with Gasteiger partial charge >= 0.3 is 5.97 Å². The summed E-state index contributed by atoms with van der Waals surface area (Å²) in [7, 11) is 3.67. The molecular formula is C13H16Cl2N2O2. The molecule has 0 aromatic carbocycles. The fourth-order valence-electron chi connectivity index (χ4n) is 1.48. The highest BCUT2D eigenvalue weighted by Crippen LogP contribution is 2.20. The van der Waals surface area contributed by atoms with Crippen LogP contribution in [0, 0.1) is 0 Å². The fraction of sp³-hybridized carbons (Fsp3) is 0.385. The monoisotopic (exact) mass is 302 g/mol. The SMILES string of the molecule is CCOC(=O)C(=CN(C)C)Cc1ccc(Cl)nc1Cl. The van der Waals surface area contributed by atoms with Crippen molar-refractivity contribution >= 4 is 29.2 Å². The summed E-state index contributed by atoms with van der Waals surface area (Å²) in [6.07, 6.45) is 2.06. The van der Waals surface area contributed by atoms with Crippen LogP contribution in [0.25, 0.3) is 0 Å². The molecule has 19 heavy (non-hydrogen) atoms. The summed E-state index contributed by atoms with van der Waals surface area (Å²) in [6, 6.07) is 3.39. The van der Waals surface area contributed by atoms with Crippen LogP contribution in [0.1, 0.15) is 12.5 Å². The zero-order valence-corrected chi connectivity index (χ0v) is 12.6. The van der Waals surface area contributed by atoms with E-state index in [0.717, 1.165) is 5.56 Å². The molecule has 0 saturated carbocycles. The number of nitrogens with zero attached hydrogens (tertiary/aromatic N) is 2. The minimum atomic E-state index is -0.359. The van der Waals surface area contributed by atoms with Crippen molar-refractivity contribution in [2.45, 2.75) is 13.3 Å². The molecule has 0 aliphatic rings. The van der Waals surface area contributed by atoms with Crippen molar-refractivity contribution in [3.8, 4) is 0 Å².